The molecule has 0 radical (unpaired) electrons. The van der Waals surface area contributed by atoms with Gasteiger partial charge in [-0.05, 0) is 73.4 Å². The Hall–Kier alpha value is -4.08. The van der Waals surface area contributed by atoms with E-state index >= 15 is 0 Å². The van der Waals surface area contributed by atoms with Gasteiger partial charge in [0.05, 0.1) is 5.41 Å². The first-order valence-corrected chi connectivity index (χ1v) is 16.7. The molecule has 0 aromatic heterocycles. The number of para-hydroxylation sites is 2. The first kappa shape index (κ1) is 28.7. The first-order chi connectivity index (χ1) is 21.3. The molecule has 3 aliphatic rings. The number of thioether (sulfide) groups is 1. The molecule has 0 spiro atoms. The van der Waals surface area contributed by atoms with E-state index in [-0.39, 0.29) is 10.8 Å². The minimum atomic E-state index is -0.0853. The van der Waals surface area contributed by atoms with Crippen LogP contribution >= 0.6 is 11.8 Å². The highest BCUT2D eigenvalue weighted by atomic mass is 32.2. The maximum absolute atomic E-state index is 2.50. The molecule has 0 unspecified atom stereocenters. The van der Waals surface area contributed by atoms with Gasteiger partial charge in [-0.3, -0.25) is 0 Å². The number of allylic oxidation sites excluding steroid dienone is 7. The van der Waals surface area contributed by atoms with Gasteiger partial charge in [-0.1, -0.05) is 111 Å². The molecule has 1 aliphatic carbocycles. The van der Waals surface area contributed by atoms with Crippen molar-refractivity contribution in [1.82, 2.24) is 0 Å². The molecule has 0 saturated heterocycles. The van der Waals surface area contributed by atoms with E-state index < -0.39 is 0 Å². The van der Waals surface area contributed by atoms with Crippen molar-refractivity contribution in [3.8, 4) is 0 Å². The Morgan fingerprint density at radius 2 is 1.43 bits per heavy atom. The quantitative estimate of drug-likeness (QED) is 0.205. The molecular weight excluding hydrogens is 553 g/mol. The average Bonchev–Trinajstić information content (AvgIpc) is 3.59. The van der Waals surface area contributed by atoms with Gasteiger partial charge in [0.25, 0.3) is 0 Å². The van der Waals surface area contributed by atoms with Gasteiger partial charge in [-0.2, -0.15) is 4.58 Å². The van der Waals surface area contributed by atoms with Gasteiger partial charge >= 0.3 is 0 Å². The van der Waals surface area contributed by atoms with E-state index in [4.69, 9.17) is 0 Å². The Balaban J connectivity index is 1.42. The van der Waals surface area contributed by atoms with Crippen molar-refractivity contribution in [2.45, 2.75) is 57.3 Å². The Bertz CT molecular complexity index is 1960. The molecule has 0 saturated carbocycles. The highest BCUT2D eigenvalue weighted by molar-refractivity contribution is 8.03. The van der Waals surface area contributed by atoms with E-state index in [0.717, 1.165) is 13.1 Å². The van der Waals surface area contributed by atoms with Crippen LogP contribution in [0.25, 0.3) is 10.8 Å². The zero-order chi connectivity index (χ0) is 30.6. The van der Waals surface area contributed by atoms with E-state index in [2.05, 4.69) is 166 Å². The number of anilines is 1. The third-order valence-corrected chi connectivity index (χ3v) is 11.0. The van der Waals surface area contributed by atoms with Gasteiger partial charge in [-0.25, -0.2) is 0 Å². The second-order valence-corrected chi connectivity index (χ2v) is 14.0. The van der Waals surface area contributed by atoms with Gasteiger partial charge in [0.15, 0.2) is 5.71 Å². The van der Waals surface area contributed by atoms with E-state index in [0.29, 0.717) is 0 Å². The maximum Gasteiger partial charge on any atom is 0.209 e. The molecule has 0 N–H and O–H groups in total. The lowest BCUT2D eigenvalue weighted by atomic mass is 9.81. The number of benzene rings is 4. The van der Waals surface area contributed by atoms with Crippen molar-refractivity contribution in [2.24, 2.45) is 0 Å². The summed E-state index contributed by atoms with van der Waals surface area (Å²) >= 11 is 1.90. The summed E-state index contributed by atoms with van der Waals surface area (Å²) in [6, 6.07) is 33.2. The second kappa shape index (κ2) is 10.8. The molecule has 220 valence electrons. The topological polar surface area (TPSA) is 6.25 Å². The van der Waals surface area contributed by atoms with Gasteiger partial charge < -0.3 is 4.90 Å². The van der Waals surface area contributed by atoms with Crippen molar-refractivity contribution >= 4 is 39.6 Å². The van der Waals surface area contributed by atoms with Crippen LogP contribution in [0.5, 0.6) is 0 Å². The molecule has 0 atom stereocenters. The average molecular weight is 594 g/mol. The van der Waals surface area contributed by atoms with Gasteiger partial charge in [0.1, 0.15) is 6.54 Å². The fourth-order valence-corrected chi connectivity index (χ4v) is 8.57. The summed E-state index contributed by atoms with van der Waals surface area (Å²) in [7, 11) is 0. The molecule has 0 amide bonds. The van der Waals surface area contributed by atoms with Crippen molar-refractivity contribution in [1.29, 1.82) is 0 Å². The van der Waals surface area contributed by atoms with Crippen molar-refractivity contribution in [2.75, 3.05) is 18.0 Å². The SMILES string of the molecule is CCN1/C(=C\C2=C(Sc3cccc4ccccc34)C(=CC3=[N+](CC)c4ccccc4C3(C)C)C=C2)C(C)(C)c2ccccc21. The predicted octanol–water partition coefficient (Wildman–Crippen LogP) is 10.5. The smallest absolute Gasteiger partial charge is 0.209 e. The molecule has 0 bridgehead atoms. The van der Waals surface area contributed by atoms with E-state index in [1.165, 1.54) is 65.6 Å². The van der Waals surface area contributed by atoms with Crippen molar-refractivity contribution in [3.05, 3.63) is 148 Å². The summed E-state index contributed by atoms with van der Waals surface area (Å²) in [4.78, 5) is 5.10. The largest absolute Gasteiger partial charge is 0.344 e. The van der Waals surface area contributed by atoms with Crippen LogP contribution in [0.4, 0.5) is 11.4 Å². The third kappa shape index (κ3) is 4.44. The normalized spacial score (nSPS) is 20.0. The van der Waals surface area contributed by atoms with E-state index in [9.17, 15) is 0 Å². The molecule has 4 aromatic rings. The fourth-order valence-electron chi connectivity index (χ4n) is 7.42. The van der Waals surface area contributed by atoms with Crippen LogP contribution in [-0.4, -0.2) is 23.4 Å². The number of rotatable bonds is 6. The molecule has 0 fully saturated rings. The van der Waals surface area contributed by atoms with Gasteiger partial charge in [-0.15, -0.1) is 0 Å². The summed E-state index contributed by atoms with van der Waals surface area (Å²) in [6.07, 6.45) is 9.60. The summed E-state index contributed by atoms with van der Waals surface area (Å²) < 4.78 is 2.50. The zero-order valence-electron chi connectivity index (χ0n) is 26.7. The summed E-state index contributed by atoms with van der Waals surface area (Å²) in [5.41, 5.74) is 10.5. The van der Waals surface area contributed by atoms with Gasteiger partial charge in [0, 0.05) is 50.9 Å². The summed E-state index contributed by atoms with van der Waals surface area (Å²) in [5.74, 6) is 0. The standard InChI is InChI=1S/C41H41N2S/c1-7-42-34-21-13-11-19-32(34)40(3,4)37(42)26-29-24-25-30(39(29)44-36-23-15-17-28-16-9-10-18-31(28)36)27-38-41(5,6)33-20-12-14-22-35(33)43(38)8-2/h9-27H,7-8H2,1-6H3/q+1. The molecule has 7 rings (SSSR count). The minimum Gasteiger partial charge on any atom is -0.344 e. The Kier molecular flexibility index (Phi) is 7.05. The molecular formula is C41H41N2S+. The second-order valence-electron chi connectivity index (χ2n) is 13.0. The molecule has 4 aromatic carbocycles. The Labute approximate surface area is 266 Å². The predicted molar refractivity (Wildman–Crippen MR) is 190 cm³/mol. The van der Waals surface area contributed by atoms with Crippen LogP contribution in [-0.2, 0) is 10.8 Å². The number of fused-ring (bicyclic) bond motifs is 3. The lowest BCUT2D eigenvalue weighted by molar-refractivity contribution is -0.433. The molecule has 2 heterocycles. The van der Waals surface area contributed by atoms with Gasteiger partial charge in [0.2, 0.25) is 5.69 Å². The summed E-state index contributed by atoms with van der Waals surface area (Å²) in [6.45, 7) is 15.9. The molecule has 44 heavy (non-hydrogen) atoms. The summed E-state index contributed by atoms with van der Waals surface area (Å²) in [5, 5.41) is 2.57. The number of hydrogen-bond donors (Lipinski definition) is 0. The van der Waals surface area contributed by atoms with E-state index in [1.54, 1.807) is 0 Å². The molecule has 2 aliphatic heterocycles. The minimum absolute atomic E-state index is 0.0853. The maximum atomic E-state index is 2.50. The van der Waals surface area contributed by atoms with Crippen LogP contribution in [0.1, 0.15) is 52.7 Å². The lowest BCUT2D eigenvalue weighted by Crippen LogP contribution is -2.28. The van der Waals surface area contributed by atoms with Crippen LogP contribution in [0.15, 0.2) is 142 Å². The van der Waals surface area contributed by atoms with E-state index in [1.807, 2.05) is 11.8 Å². The van der Waals surface area contributed by atoms with Crippen LogP contribution < -0.4 is 4.90 Å². The highest BCUT2D eigenvalue weighted by Crippen LogP contribution is 2.50. The highest BCUT2D eigenvalue weighted by Gasteiger charge is 2.44. The third-order valence-electron chi connectivity index (χ3n) is 9.74. The van der Waals surface area contributed by atoms with Crippen molar-refractivity contribution < 1.29 is 4.58 Å². The molecule has 3 heteroatoms. The lowest BCUT2D eigenvalue weighted by Gasteiger charge is -2.26. The fraction of sp³-hybridized carbons (Fsp3) is 0.244. The van der Waals surface area contributed by atoms with Crippen LogP contribution in [0.2, 0.25) is 0 Å². The Morgan fingerprint density at radius 3 is 2.23 bits per heavy atom. The van der Waals surface area contributed by atoms with Crippen LogP contribution in [0, 0.1) is 0 Å². The first-order valence-electron chi connectivity index (χ1n) is 15.9. The van der Waals surface area contributed by atoms with Crippen molar-refractivity contribution in [3.63, 3.8) is 0 Å². The van der Waals surface area contributed by atoms with Crippen LogP contribution in [0.3, 0.4) is 0 Å². The molecule has 2 nitrogen and oxygen atoms in total. The number of hydrogen-bond acceptors (Lipinski definition) is 2. The number of likely N-dealkylation sites (N-methyl/N-ethyl adjacent to an activating group) is 1. The zero-order valence-corrected chi connectivity index (χ0v) is 27.5. The Morgan fingerprint density at radius 1 is 0.727 bits per heavy atom. The monoisotopic (exact) mass is 593 g/mol. The number of nitrogens with zero attached hydrogens (tertiary/aromatic N) is 2.